The first kappa shape index (κ1) is 17.7. The Morgan fingerprint density at radius 1 is 1.39 bits per heavy atom. The zero-order chi connectivity index (χ0) is 16.9. The van der Waals surface area contributed by atoms with Gasteiger partial charge in [-0.3, -0.25) is 4.79 Å². The number of anilines is 1. The molecule has 23 heavy (non-hydrogen) atoms. The molecule has 1 aromatic heterocycles. The first-order valence-corrected chi connectivity index (χ1v) is 8.56. The van der Waals surface area contributed by atoms with E-state index in [2.05, 4.69) is 17.2 Å². The number of carbonyl (C=O) groups excluding carboxylic acids is 1. The number of aromatic nitrogens is 1. The Morgan fingerprint density at radius 2 is 2.17 bits per heavy atom. The zero-order valence-electron chi connectivity index (χ0n) is 14.6. The summed E-state index contributed by atoms with van der Waals surface area (Å²) in [6, 6.07) is 3.63. The Labute approximate surface area is 138 Å². The normalized spacial score (nSPS) is 24.3. The third-order valence-electron chi connectivity index (χ3n) is 4.39. The number of carbonyl (C=O) groups is 1. The van der Waals surface area contributed by atoms with E-state index in [-0.39, 0.29) is 5.91 Å². The van der Waals surface area contributed by atoms with Gasteiger partial charge in [0.25, 0.3) is 5.91 Å². The predicted molar refractivity (Wildman–Crippen MR) is 90.8 cm³/mol. The van der Waals surface area contributed by atoms with E-state index in [1.165, 1.54) is 0 Å². The van der Waals surface area contributed by atoms with Gasteiger partial charge < -0.3 is 14.8 Å². The molecule has 1 amide bonds. The van der Waals surface area contributed by atoms with E-state index in [1.54, 1.807) is 6.07 Å². The van der Waals surface area contributed by atoms with Gasteiger partial charge in [0.05, 0.1) is 18.0 Å². The fourth-order valence-corrected chi connectivity index (χ4v) is 3.32. The molecule has 0 saturated heterocycles. The van der Waals surface area contributed by atoms with E-state index in [1.807, 2.05) is 26.8 Å². The molecular weight excluding hydrogens is 292 g/mol. The van der Waals surface area contributed by atoms with Crippen LogP contribution in [-0.4, -0.2) is 29.7 Å². The molecule has 1 aromatic rings. The summed E-state index contributed by atoms with van der Waals surface area (Å²) in [5.74, 6) is 1.02. The quantitative estimate of drug-likeness (QED) is 0.868. The molecule has 2 rings (SSSR count). The minimum absolute atomic E-state index is 0.0556. The van der Waals surface area contributed by atoms with E-state index in [4.69, 9.17) is 9.47 Å². The number of nitrogens with zero attached hydrogens (tertiary/aromatic N) is 1. The Bertz CT molecular complexity index is 543. The van der Waals surface area contributed by atoms with Gasteiger partial charge in [-0.2, -0.15) is 0 Å². The molecule has 1 fully saturated rings. The zero-order valence-corrected chi connectivity index (χ0v) is 14.6. The third kappa shape index (κ3) is 4.22. The molecule has 1 aliphatic rings. The summed E-state index contributed by atoms with van der Waals surface area (Å²) >= 11 is 0. The van der Waals surface area contributed by atoms with Crippen LogP contribution in [0.25, 0.3) is 0 Å². The van der Waals surface area contributed by atoms with Crippen LogP contribution in [0, 0.1) is 12.8 Å². The lowest BCUT2D eigenvalue weighted by Crippen LogP contribution is -2.48. The summed E-state index contributed by atoms with van der Waals surface area (Å²) in [7, 11) is 0. The van der Waals surface area contributed by atoms with Crippen LogP contribution in [0.5, 0.6) is 5.88 Å². The van der Waals surface area contributed by atoms with Gasteiger partial charge in [0, 0.05) is 12.7 Å². The average molecular weight is 320 g/mol. The average Bonchev–Trinajstić information content (AvgIpc) is 2.50. The van der Waals surface area contributed by atoms with E-state index < -0.39 is 5.60 Å². The van der Waals surface area contributed by atoms with E-state index >= 15 is 0 Å². The maximum atomic E-state index is 12.9. The number of hydrogen-bond donors (Lipinski definition) is 1. The first-order chi connectivity index (χ1) is 11.0. The molecule has 5 heteroatoms. The molecule has 5 nitrogen and oxygen atoms in total. The fourth-order valence-electron chi connectivity index (χ4n) is 3.32. The van der Waals surface area contributed by atoms with Crippen molar-refractivity contribution in [2.75, 3.05) is 18.5 Å². The molecule has 1 aliphatic carbocycles. The second-order valence-electron chi connectivity index (χ2n) is 6.30. The first-order valence-electron chi connectivity index (χ1n) is 8.56. The number of nitrogens with one attached hydrogen (secondary N) is 1. The monoisotopic (exact) mass is 320 g/mol. The summed E-state index contributed by atoms with van der Waals surface area (Å²) in [5.41, 5.74) is 0.757. The summed E-state index contributed by atoms with van der Waals surface area (Å²) in [5, 5.41) is 3.01. The lowest BCUT2D eigenvalue weighted by Gasteiger charge is -2.38. The van der Waals surface area contributed by atoms with Gasteiger partial charge in [-0.25, -0.2) is 4.98 Å². The standard InChI is InChI=1S/C18H28N2O3/c1-5-22-16-10-9-15(14(4)19-16)20-17(21)18(23-6-2)11-7-8-13(3)12-18/h9-10,13H,5-8,11-12H2,1-4H3,(H,20,21)/t13-,18+/m1/s1. The molecule has 0 spiro atoms. The molecule has 1 N–H and O–H groups in total. The van der Waals surface area contributed by atoms with Crippen molar-refractivity contribution in [2.24, 2.45) is 5.92 Å². The van der Waals surface area contributed by atoms with Crippen molar-refractivity contribution in [1.82, 2.24) is 4.98 Å². The van der Waals surface area contributed by atoms with E-state index in [9.17, 15) is 4.79 Å². The van der Waals surface area contributed by atoms with Gasteiger partial charge in [-0.15, -0.1) is 0 Å². The highest BCUT2D eigenvalue weighted by atomic mass is 16.5. The second-order valence-corrected chi connectivity index (χ2v) is 6.30. The van der Waals surface area contributed by atoms with Crippen LogP contribution in [0.15, 0.2) is 12.1 Å². The molecular formula is C18H28N2O3. The highest BCUT2D eigenvalue weighted by Crippen LogP contribution is 2.36. The molecule has 0 aliphatic heterocycles. The highest BCUT2D eigenvalue weighted by molar-refractivity contribution is 5.97. The minimum Gasteiger partial charge on any atom is -0.478 e. The number of hydrogen-bond acceptors (Lipinski definition) is 4. The van der Waals surface area contributed by atoms with Crippen LogP contribution in [-0.2, 0) is 9.53 Å². The number of rotatable bonds is 6. The predicted octanol–water partition coefficient (Wildman–Crippen LogP) is 3.71. The van der Waals surface area contributed by atoms with Crippen molar-refractivity contribution in [1.29, 1.82) is 0 Å². The molecule has 1 heterocycles. The summed E-state index contributed by atoms with van der Waals surface area (Å²) in [4.78, 5) is 17.3. The van der Waals surface area contributed by atoms with Gasteiger partial charge in [0.1, 0.15) is 5.60 Å². The molecule has 2 atom stereocenters. The van der Waals surface area contributed by atoms with Crippen molar-refractivity contribution in [3.05, 3.63) is 17.8 Å². The number of ether oxygens (including phenoxy) is 2. The van der Waals surface area contributed by atoms with Crippen molar-refractivity contribution in [2.45, 2.75) is 59.0 Å². The maximum Gasteiger partial charge on any atom is 0.256 e. The van der Waals surface area contributed by atoms with Gasteiger partial charge in [-0.05, 0) is 52.0 Å². The molecule has 0 aromatic carbocycles. The van der Waals surface area contributed by atoms with Crippen LogP contribution in [0.1, 0.15) is 52.1 Å². The van der Waals surface area contributed by atoms with Gasteiger partial charge in [0.15, 0.2) is 0 Å². The Morgan fingerprint density at radius 3 is 2.78 bits per heavy atom. The molecule has 0 bridgehead atoms. The van der Waals surface area contributed by atoms with Crippen LogP contribution in [0.3, 0.4) is 0 Å². The Hall–Kier alpha value is -1.62. The van der Waals surface area contributed by atoms with Crippen molar-refractivity contribution in [3.8, 4) is 5.88 Å². The summed E-state index contributed by atoms with van der Waals surface area (Å²) in [6.45, 7) is 9.03. The van der Waals surface area contributed by atoms with Gasteiger partial charge >= 0.3 is 0 Å². The Kier molecular flexibility index (Phi) is 5.99. The van der Waals surface area contributed by atoms with E-state index in [0.717, 1.165) is 37.1 Å². The SMILES string of the molecule is CCOc1ccc(NC(=O)[C@]2(OCC)CCC[C@@H](C)C2)c(C)n1. The third-order valence-corrected chi connectivity index (χ3v) is 4.39. The topological polar surface area (TPSA) is 60.5 Å². The summed E-state index contributed by atoms with van der Waals surface area (Å²) in [6.07, 6.45) is 3.73. The van der Waals surface area contributed by atoms with Crippen LogP contribution in [0.4, 0.5) is 5.69 Å². The van der Waals surface area contributed by atoms with Crippen molar-refractivity contribution >= 4 is 11.6 Å². The van der Waals surface area contributed by atoms with Crippen molar-refractivity contribution in [3.63, 3.8) is 0 Å². The molecule has 0 radical (unpaired) electrons. The summed E-state index contributed by atoms with van der Waals surface area (Å²) < 4.78 is 11.3. The van der Waals surface area contributed by atoms with Crippen LogP contribution >= 0.6 is 0 Å². The number of amides is 1. The minimum atomic E-state index is -0.711. The lowest BCUT2D eigenvalue weighted by atomic mass is 9.78. The van der Waals surface area contributed by atoms with E-state index in [0.29, 0.717) is 25.0 Å². The molecule has 128 valence electrons. The van der Waals surface area contributed by atoms with Crippen LogP contribution in [0.2, 0.25) is 0 Å². The number of aryl methyl sites for hydroxylation is 1. The molecule has 0 unspecified atom stereocenters. The molecule has 1 saturated carbocycles. The second kappa shape index (κ2) is 7.77. The lowest BCUT2D eigenvalue weighted by molar-refractivity contribution is -0.147. The van der Waals surface area contributed by atoms with Gasteiger partial charge in [0.2, 0.25) is 5.88 Å². The van der Waals surface area contributed by atoms with Crippen molar-refractivity contribution < 1.29 is 14.3 Å². The van der Waals surface area contributed by atoms with Crippen LogP contribution < -0.4 is 10.1 Å². The maximum absolute atomic E-state index is 12.9. The smallest absolute Gasteiger partial charge is 0.256 e. The Balaban J connectivity index is 2.15. The largest absolute Gasteiger partial charge is 0.478 e. The fraction of sp³-hybridized carbons (Fsp3) is 0.667. The van der Waals surface area contributed by atoms with Gasteiger partial charge in [-0.1, -0.05) is 13.3 Å². The number of pyridine rings is 1. The highest BCUT2D eigenvalue weighted by Gasteiger charge is 2.42.